The molecule has 3 heterocycles. The van der Waals surface area contributed by atoms with Gasteiger partial charge in [-0.2, -0.15) is 0 Å². The number of aryl methyl sites for hydroxylation is 2. The van der Waals surface area contributed by atoms with Crippen LogP contribution in [0.4, 0.5) is 5.82 Å². The Kier molecular flexibility index (Phi) is 8.91. The molecule has 0 radical (unpaired) electrons. The lowest BCUT2D eigenvalue weighted by Gasteiger charge is -2.33. The normalized spacial score (nSPS) is 20.3. The number of carbonyl (C=O) groups is 2. The predicted octanol–water partition coefficient (Wildman–Crippen LogP) is 3.43. The van der Waals surface area contributed by atoms with Crippen LogP contribution in [0.2, 0.25) is 0 Å². The fraction of sp³-hybridized carbons (Fsp3) is 0.567. The summed E-state index contributed by atoms with van der Waals surface area (Å²) in [6.45, 7) is 5.17. The summed E-state index contributed by atoms with van der Waals surface area (Å²) >= 11 is 0. The minimum Gasteiger partial charge on any atom is -0.480 e. The van der Waals surface area contributed by atoms with Crippen molar-refractivity contribution in [3.05, 3.63) is 58.8 Å². The number of anilines is 1. The molecule has 0 unspecified atom stereocenters. The van der Waals surface area contributed by atoms with Gasteiger partial charge in [-0.25, -0.2) is 9.78 Å². The van der Waals surface area contributed by atoms with E-state index >= 15 is 0 Å². The molecule has 4 N–H and O–H groups in total. The zero-order chi connectivity index (χ0) is 26.3. The van der Waals surface area contributed by atoms with Crippen LogP contribution in [0, 0.1) is 5.92 Å². The highest BCUT2D eigenvalue weighted by molar-refractivity contribution is 5.96. The number of aliphatic carboxylic acids is 1. The fourth-order valence-electron chi connectivity index (χ4n) is 5.74. The molecule has 1 aromatic carbocycles. The maximum Gasteiger partial charge on any atom is 0.327 e. The predicted molar refractivity (Wildman–Crippen MR) is 149 cm³/mol. The Labute approximate surface area is 225 Å². The monoisotopic (exact) mass is 519 g/mol. The smallest absolute Gasteiger partial charge is 0.327 e. The number of carboxylic acid groups (broad SMARTS) is 1. The first-order valence-electron chi connectivity index (χ1n) is 14.3. The van der Waals surface area contributed by atoms with E-state index in [9.17, 15) is 14.7 Å². The average Bonchev–Trinajstić information content (AvgIpc) is 3.78. The molecule has 2 aromatic rings. The number of pyridine rings is 1. The summed E-state index contributed by atoms with van der Waals surface area (Å²) in [5.74, 6) is 0.762. The Balaban J connectivity index is 1.03. The number of nitrogens with one attached hydrogen (secondary N) is 3. The van der Waals surface area contributed by atoms with Crippen LogP contribution in [-0.4, -0.2) is 72.2 Å². The van der Waals surface area contributed by atoms with Gasteiger partial charge in [0.25, 0.3) is 5.91 Å². The molecular formula is C30H41N5O3. The fourth-order valence-corrected chi connectivity index (χ4v) is 5.74. The van der Waals surface area contributed by atoms with Crippen molar-refractivity contribution in [3.8, 4) is 0 Å². The summed E-state index contributed by atoms with van der Waals surface area (Å²) in [5, 5.41) is 19.1. The maximum absolute atomic E-state index is 12.7. The second-order valence-electron chi connectivity index (χ2n) is 11.2. The first-order chi connectivity index (χ1) is 18.5. The zero-order valence-electron chi connectivity index (χ0n) is 22.3. The number of carboxylic acids is 1. The second-order valence-corrected chi connectivity index (χ2v) is 11.2. The number of benzene rings is 1. The third-order valence-corrected chi connectivity index (χ3v) is 8.04. The number of nitrogens with zero attached hydrogens (tertiary/aromatic N) is 2. The molecule has 8 nitrogen and oxygen atoms in total. The Hall–Kier alpha value is -2.97. The lowest BCUT2D eigenvalue weighted by Crippen LogP contribution is -2.49. The molecule has 38 heavy (non-hydrogen) atoms. The molecule has 1 aliphatic carbocycles. The number of rotatable bonds is 12. The summed E-state index contributed by atoms with van der Waals surface area (Å²) in [6.07, 6.45) is 8.98. The first-order valence-corrected chi connectivity index (χ1v) is 14.3. The highest BCUT2D eigenvalue weighted by atomic mass is 16.4. The zero-order valence-corrected chi connectivity index (χ0v) is 22.3. The van der Waals surface area contributed by atoms with Crippen molar-refractivity contribution in [3.63, 3.8) is 0 Å². The molecule has 204 valence electrons. The van der Waals surface area contributed by atoms with Gasteiger partial charge in [-0.1, -0.05) is 18.2 Å². The third-order valence-electron chi connectivity index (χ3n) is 8.04. The minimum atomic E-state index is -1.01. The van der Waals surface area contributed by atoms with Crippen molar-refractivity contribution in [2.75, 3.05) is 44.6 Å². The van der Waals surface area contributed by atoms with E-state index in [0.717, 1.165) is 89.2 Å². The van der Waals surface area contributed by atoms with Crippen LogP contribution in [0.5, 0.6) is 0 Å². The van der Waals surface area contributed by atoms with Crippen molar-refractivity contribution in [1.29, 1.82) is 0 Å². The minimum absolute atomic E-state index is 0.220. The van der Waals surface area contributed by atoms with Crippen LogP contribution in [0.15, 0.2) is 36.4 Å². The third kappa shape index (κ3) is 7.32. The summed E-state index contributed by atoms with van der Waals surface area (Å²) in [4.78, 5) is 31.9. The quantitative estimate of drug-likeness (QED) is 0.340. The number of amides is 1. The molecule has 1 aromatic heterocycles. The molecule has 0 spiro atoms. The van der Waals surface area contributed by atoms with Crippen LogP contribution in [0.25, 0.3) is 0 Å². The molecule has 3 aliphatic rings. The van der Waals surface area contributed by atoms with E-state index in [2.05, 4.69) is 33.0 Å². The molecule has 8 heteroatoms. The van der Waals surface area contributed by atoms with Gasteiger partial charge in [0, 0.05) is 30.9 Å². The number of piperidine rings is 1. The molecule has 2 aliphatic heterocycles. The van der Waals surface area contributed by atoms with E-state index in [1.165, 1.54) is 17.5 Å². The lowest BCUT2D eigenvalue weighted by atomic mass is 9.97. The SMILES string of the molecule is O=C(N[C@@H](CNC[C@@H]1CCCN(CCCc2ccc3c(n2)NCCC3)C1)C(=O)O)c1cccc(C2CC2)c1. The Morgan fingerprint density at radius 1 is 1.16 bits per heavy atom. The van der Waals surface area contributed by atoms with Gasteiger partial charge in [0.2, 0.25) is 0 Å². The summed E-state index contributed by atoms with van der Waals surface area (Å²) in [7, 11) is 0. The van der Waals surface area contributed by atoms with Crippen LogP contribution >= 0.6 is 0 Å². The second kappa shape index (κ2) is 12.7. The lowest BCUT2D eigenvalue weighted by molar-refractivity contribution is -0.139. The van der Waals surface area contributed by atoms with Crippen molar-refractivity contribution in [2.24, 2.45) is 5.92 Å². The largest absolute Gasteiger partial charge is 0.480 e. The van der Waals surface area contributed by atoms with Gasteiger partial charge in [-0.05, 0) is 112 Å². The van der Waals surface area contributed by atoms with E-state index in [0.29, 0.717) is 17.4 Å². The number of likely N-dealkylation sites (tertiary alicyclic amines) is 1. The number of aromatic nitrogens is 1. The van der Waals surface area contributed by atoms with Crippen LogP contribution in [0.1, 0.15) is 71.6 Å². The molecule has 5 rings (SSSR count). The van der Waals surface area contributed by atoms with Gasteiger partial charge in [0.1, 0.15) is 11.9 Å². The topological polar surface area (TPSA) is 107 Å². The molecule has 2 fully saturated rings. The van der Waals surface area contributed by atoms with E-state index < -0.39 is 12.0 Å². The summed E-state index contributed by atoms with van der Waals surface area (Å²) in [6, 6.07) is 11.0. The molecule has 1 saturated heterocycles. The van der Waals surface area contributed by atoms with E-state index in [4.69, 9.17) is 4.98 Å². The number of carbonyl (C=O) groups excluding carboxylic acids is 1. The maximum atomic E-state index is 12.7. The highest BCUT2D eigenvalue weighted by Crippen LogP contribution is 2.40. The van der Waals surface area contributed by atoms with E-state index in [-0.39, 0.29) is 12.5 Å². The molecule has 1 amide bonds. The van der Waals surface area contributed by atoms with Crippen molar-refractivity contribution in [1.82, 2.24) is 20.5 Å². The van der Waals surface area contributed by atoms with Crippen molar-refractivity contribution < 1.29 is 14.7 Å². The molecule has 2 atom stereocenters. The van der Waals surface area contributed by atoms with Crippen LogP contribution in [0.3, 0.4) is 0 Å². The van der Waals surface area contributed by atoms with E-state index in [1.54, 1.807) is 6.07 Å². The van der Waals surface area contributed by atoms with Gasteiger partial charge in [-0.15, -0.1) is 0 Å². The van der Waals surface area contributed by atoms with E-state index in [1.807, 2.05) is 18.2 Å². The van der Waals surface area contributed by atoms with Crippen LogP contribution in [-0.2, 0) is 17.6 Å². The van der Waals surface area contributed by atoms with Gasteiger partial charge < -0.3 is 26.0 Å². The van der Waals surface area contributed by atoms with Gasteiger partial charge >= 0.3 is 5.97 Å². The molecule has 1 saturated carbocycles. The van der Waals surface area contributed by atoms with Crippen molar-refractivity contribution >= 4 is 17.7 Å². The van der Waals surface area contributed by atoms with Crippen molar-refractivity contribution in [2.45, 2.75) is 63.3 Å². The first kappa shape index (κ1) is 26.6. The Morgan fingerprint density at radius 3 is 2.89 bits per heavy atom. The Morgan fingerprint density at radius 2 is 2.05 bits per heavy atom. The molecular weight excluding hydrogens is 478 g/mol. The average molecular weight is 520 g/mol. The standard InChI is InChI=1S/C30H41N5O3/c36-29(25-7-1-6-24(17-25)22-10-11-22)34-27(30(37)38)19-31-18-21-5-3-15-35(20-21)16-4-9-26-13-12-23-8-2-14-32-28(23)33-26/h1,6-7,12-13,17,21-22,27,31H,2-5,8-11,14-16,18-20H2,(H,32,33)(H,34,36)(H,37,38)/t21-,27-/m0/s1. The molecule has 0 bridgehead atoms. The highest BCUT2D eigenvalue weighted by Gasteiger charge is 2.26. The number of fused-ring (bicyclic) bond motifs is 1. The van der Waals surface area contributed by atoms with Crippen LogP contribution < -0.4 is 16.0 Å². The van der Waals surface area contributed by atoms with Gasteiger partial charge in [0.15, 0.2) is 0 Å². The summed E-state index contributed by atoms with van der Waals surface area (Å²) < 4.78 is 0. The number of hydrogen-bond acceptors (Lipinski definition) is 6. The number of hydrogen-bond donors (Lipinski definition) is 4. The summed E-state index contributed by atoms with van der Waals surface area (Å²) in [5.41, 5.74) is 4.19. The van der Waals surface area contributed by atoms with Gasteiger partial charge in [0.05, 0.1) is 0 Å². The van der Waals surface area contributed by atoms with Gasteiger partial charge in [-0.3, -0.25) is 4.79 Å². The Bertz CT molecular complexity index is 1120.